The molecule has 0 unspecified atom stereocenters. The van der Waals surface area contributed by atoms with Gasteiger partial charge in [-0.2, -0.15) is 0 Å². The zero-order valence-electron chi connectivity index (χ0n) is 18.1. The van der Waals surface area contributed by atoms with Gasteiger partial charge in [-0.05, 0) is 35.9 Å². The van der Waals surface area contributed by atoms with E-state index in [0.29, 0.717) is 25.3 Å². The lowest BCUT2D eigenvalue weighted by Crippen LogP contribution is -3.28. The van der Waals surface area contributed by atoms with Gasteiger partial charge in [-0.3, -0.25) is 9.59 Å². The highest BCUT2D eigenvalue weighted by atomic mass is 19.1. The van der Waals surface area contributed by atoms with Gasteiger partial charge in [0.25, 0.3) is 11.8 Å². The Hall–Kier alpha value is -2.97. The molecule has 7 nitrogen and oxygen atoms in total. The minimum atomic E-state index is -0.372. The SMILES string of the molecule is COc1cccc(CN(C)C(=O)C[NH+]2CC[NH+](CC(=O)Nc3cccc(F)c3)CC2)c1. The monoisotopic (exact) mass is 430 g/mol. The molecule has 3 N–H and O–H groups in total. The van der Waals surface area contributed by atoms with Gasteiger partial charge in [-0.1, -0.05) is 18.2 Å². The normalized spacial score (nSPS) is 18.3. The van der Waals surface area contributed by atoms with E-state index in [1.165, 1.54) is 21.9 Å². The van der Waals surface area contributed by atoms with Crippen LogP contribution in [0, 0.1) is 5.82 Å². The van der Waals surface area contributed by atoms with Crippen LogP contribution in [-0.2, 0) is 16.1 Å². The molecule has 0 aliphatic carbocycles. The van der Waals surface area contributed by atoms with Gasteiger partial charge in [0.2, 0.25) is 0 Å². The molecule has 1 aliphatic heterocycles. The van der Waals surface area contributed by atoms with Crippen molar-refractivity contribution >= 4 is 17.5 Å². The average Bonchev–Trinajstić information content (AvgIpc) is 2.75. The van der Waals surface area contributed by atoms with Crippen LogP contribution in [0.15, 0.2) is 48.5 Å². The predicted molar refractivity (Wildman–Crippen MR) is 116 cm³/mol. The van der Waals surface area contributed by atoms with Crippen LogP contribution in [-0.4, -0.2) is 70.1 Å². The Labute approximate surface area is 182 Å². The molecule has 1 aliphatic rings. The third-order valence-electron chi connectivity index (χ3n) is 5.56. The van der Waals surface area contributed by atoms with E-state index in [-0.39, 0.29) is 17.6 Å². The Balaban J connectivity index is 1.39. The van der Waals surface area contributed by atoms with E-state index >= 15 is 0 Å². The van der Waals surface area contributed by atoms with E-state index in [2.05, 4.69) is 5.32 Å². The summed E-state index contributed by atoms with van der Waals surface area (Å²) in [7, 11) is 3.45. The smallest absolute Gasteiger partial charge is 0.279 e. The number of carbonyl (C=O) groups is 2. The Kier molecular flexibility index (Phi) is 7.97. The Morgan fingerprint density at radius 2 is 1.71 bits per heavy atom. The first-order chi connectivity index (χ1) is 14.9. The van der Waals surface area contributed by atoms with E-state index in [4.69, 9.17) is 4.74 Å². The standard InChI is InChI=1S/C23H29FN4O3/c1-26(15-18-5-3-8-21(13-18)31-2)23(30)17-28-11-9-27(10-12-28)16-22(29)25-20-7-4-6-19(24)14-20/h3-8,13-14H,9-12,15-17H2,1-2H3,(H,25,29)/p+2. The minimum Gasteiger partial charge on any atom is -0.497 e. The highest BCUT2D eigenvalue weighted by molar-refractivity contribution is 5.91. The maximum Gasteiger partial charge on any atom is 0.279 e. The van der Waals surface area contributed by atoms with Crippen LogP contribution in [0.25, 0.3) is 0 Å². The van der Waals surface area contributed by atoms with Crippen molar-refractivity contribution < 1.29 is 28.5 Å². The number of anilines is 1. The van der Waals surface area contributed by atoms with Crippen molar-refractivity contribution in [2.75, 3.05) is 58.7 Å². The number of benzene rings is 2. The Morgan fingerprint density at radius 1 is 1.03 bits per heavy atom. The molecule has 1 fully saturated rings. The molecule has 3 rings (SSSR count). The summed E-state index contributed by atoms with van der Waals surface area (Å²) in [4.78, 5) is 29.0. The van der Waals surface area contributed by atoms with Crippen molar-refractivity contribution in [3.8, 4) is 5.75 Å². The van der Waals surface area contributed by atoms with Crippen LogP contribution in [0.2, 0.25) is 0 Å². The number of likely N-dealkylation sites (N-methyl/N-ethyl adjacent to an activating group) is 1. The van der Waals surface area contributed by atoms with E-state index in [0.717, 1.165) is 37.5 Å². The number of ether oxygens (including phenoxy) is 1. The molecule has 8 heteroatoms. The summed E-state index contributed by atoms with van der Waals surface area (Å²) in [5, 5.41) is 2.74. The number of nitrogens with one attached hydrogen (secondary N) is 3. The minimum absolute atomic E-state index is 0.102. The number of quaternary nitrogens is 2. The van der Waals surface area contributed by atoms with E-state index < -0.39 is 0 Å². The zero-order valence-corrected chi connectivity index (χ0v) is 18.1. The van der Waals surface area contributed by atoms with Crippen molar-refractivity contribution in [1.82, 2.24) is 4.90 Å². The number of piperazine rings is 1. The summed E-state index contributed by atoms with van der Waals surface area (Å²) in [6, 6.07) is 13.6. The van der Waals surface area contributed by atoms with Gasteiger partial charge in [0.15, 0.2) is 13.1 Å². The number of hydrogen-bond donors (Lipinski definition) is 3. The molecule has 0 bridgehead atoms. The van der Waals surface area contributed by atoms with Gasteiger partial charge >= 0.3 is 0 Å². The Morgan fingerprint density at radius 3 is 2.39 bits per heavy atom. The highest BCUT2D eigenvalue weighted by Crippen LogP contribution is 2.13. The maximum absolute atomic E-state index is 13.2. The lowest BCUT2D eigenvalue weighted by atomic mass is 10.2. The average molecular weight is 431 g/mol. The van der Waals surface area contributed by atoms with Gasteiger partial charge in [0.05, 0.1) is 7.11 Å². The van der Waals surface area contributed by atoms with Crippen LogP contribution < -0.4 is 19.9 Å². The number of halogens is 1. The summed E-state index contributed by atoms with van der Waals surface area (Å²) < 4.78 is 18.5. The highest BCUT2D eigenvalue weighted by Gasteiger charge is 2.27. The predicted octanol–water partition coefficient (Wildman–Crippen LogP) is -0.785. The number of rotatable bonds is 8. The molecule has 31 heavy (non-hydrogen) atoms. The third-order valence-corrected chi connectivity index (χ3v) is 5.56. The van der Waals surface area contributed by atoms with Gasteiger partial charge < -0.3 is 24.8 Å². The first-order valence-electron chi connectivity index (χ1n) is 10.5. The van der Waals surface area contributed by atoms with Crippen LogP contribution in [0.3, 0.4) is 0 Å². The first-order valence-corrected chi connectivity index (χ1v) is 10.5. The van der Waals surface area contributed by atoms with Crippen LogP contribution in [0.1, 0.15) is 5.56 Å². The van der Waals surface area contributed by atoms with Crippen molar-refractivity contribution in [3.05, 3.63) is 59.9 Å². The van der Waals surface area contributed by atoms with Crippen LogP contribution >= 0.6 is 0 Å². The molecule has 2 aromatic carbocycles. The third kappa shape index (κ3) is 7.04. The fraction of sp³-hybridized carbons (Fsp3) is 0.391. The molecule has 166 valence electrons. The summed E-state index contributed by atoms with van der Waals surface area (Å²) >= 11 is 0. The zero-order chi connectivity index (χ0) is 22.2. The Bertz CT molecular complexity index is 900. The van der Waals surface area contributed by atoms with Gasteiger partial charge in [0, 0.05) is 19.3 Å². The van der Waals surface area contributed by atoms with Crippen molar-refractivity contribution in [1.29, 1.82) is 0 Å². The van der Waals surface area contributed by atoms with E-state index in [1.54, 1.807) is 24.1 Å². The van der Waals surface area contributed by atoms with Crippen molar-refractivity contribution in [2.24, 2.45) is 0 Å². The second kappa shape index (κ2) is 10.9. The molecule has 2 amide bonds. The molecule has 0 saturated carbocycles. The summed E-state index contributed by atoms with van der Waals surface area (Å²) in [6.45, 7) is 4.64. The number of amides is 2. The molecule has 0 atom stereocenters. The van der Waals surface area contributed by atoms with Crippen molar-refractivity contribution in [3.63, 3.8) is 0 Å². The molecular formula is C23H31FN4O3+2. The number of methoxy groups -OCH3 is 1. The molecule has 2 aromatic rings. The molecule has 1 heterocycles. The second-order valence-corrected chi connectivity index (χ2v) is 8.01. The van der Waals surface area contributed by atoms with E-state index in [1.807, 2.05) is 31.3 Å². The number of nitrogens with zero attached hydrogens (tertiary/aromatic N) is 1. The summed E-state index contributed by atoms with van der Waals surface area (Å²) in [6.07, 6.45) is 0. The fourth-order valence-corrected chi connectivity index (χ4v) is 3.79. The lowest BCUT2D eigenvalue weighted by molar-refractivity contribution is -1.00. The topological polar surface area (TPSA) is 67.5 Å². The largest absolute Gasteiger partial charge is 0.497 e. The van der Waals surface area contributed by atoms with Gasteiger partial charge in [-0.25, -0.2) is 4.39 Å². The quantitative estimate of drug-likeness (QED) is 0.515. The maximum atomic E-state index is 13.2. The molecule has 0 radical (unpaired) electrons. The van der Waals surface area contributed by atoms with E-state index in [9.17, 15) is 14.0 Å². The van der Waals surface area contributed by atoms with Gasteiger partial charge in [0.1, 0.15) is 37.7 Å². The number of hydrogen-bond acceptors (Lipinski definition) is 3. The molecule has 1 saturated heterocycles. The number of carbonyl (C=O) groups excluding carboxylic acids is 2. The first kappa shape index (κ1) is 22.7. The van der Waals surface area contributed by atoms with Crippen molar-refractivity contribution in [2.45, 2.75) is 6.54 Å². The summed E-state index contributed by atoms with van der Waals surface area (Å²) in [5.74, 6) is 0.385. The summed E-state index contributed by atoms with van der Waals surface area (Å²) in [5.41, 5.74) is 1.50. The second-order valence-electron chi connectivity index (χ2n) is 8.01. The van der Waals surface area contributed by atoms with Gasteiger partial charge in [-0.15, -0.1) is 0 Å². The fourth-order valence-electron chi connectivity index (χ4n) is 3.79. The molecular weight excluding hydrogens is 399 g/mol. The lowest BCUT2D eigenvalue weighted by Gasteiger charge is -2.30. The van der Waals surface area contributed by atoms with Crippen LogP contribution in [0.5, 0.6) is 5.75 Å². The van der Waals surface area contributed by atoms with Crippen LogP contribution in [0.4, 0.5) is 10.1 Å². The molecule has 0 aromatic heterocycles. The molecule has 0 spiro atoms.